The Kier molecular flexibility index (Phi) is 5.54. The van der Waals surface area contributed by atoms with Gasteiger partial charge in [0.2, 0.25) is 0 Å². The van der Waals surface area contributed by atoms with Gasteiger partial charge in [0.15, 0.2) is 0 Å². The third-order valence-electron chi connectivity index (χ3n) is 4.87. The van der Waals surface area contributed by atoms with E-state index in [1.165, 1.54) is 24.3 Å². The van der Waals surface area contributed by atoms with E-state index in [0.29, 0.717) is 38.0 Å². The van der Waals surface area contributed by atoms with E-state index in [0.717, 1.165) is 12.1 Å². The lowest BCUT2D eigenvalue weighted by atomic mass is 10.3. The summed E-state index contributed by atoms with van der Waals surface area (Å²) in [6, 6.07) is 7.04. The van der Waals surface area contributed by atoms with Crippen LogP contribution in [0.25, 0.3) is 0 Å². The van der Waals surface area contributed by atoms with Gasteiger partial charge in [-0.15, -0.1) is 0 Å². The molecule has 5 nitrogen and oxygen atoms in total. The van der Waals surface area contributed by atoms with Crippen LogP contribution in [0, 0.1) is 23.3 Å². The van der Waals surface area contributed by atoms with Crippen molar-refractivity contribution in [3.63, 3.8) is 0 Å². The highest BCUT2D eigenvalue weighted by atomic mass is 19.1. The molecular weight excluding hydrogens is 398 g/mol. The van der Waals surface area contributed by atoms with Crippen molar-refractivity contribution in [1.82, 2.24) is 14.7 Å². The molecule has 4 rings (SSSR count). The molecule has 2 heterocycles. The van der Waals surface area contributed by atoms with E-state index in [1.54, 1.807) is 22.2 Å². The lowest BCUT2D eigenvalue weighted by molar-refractivity contribution is 0.151. The minimum absolute atomic E-state index is 0.317. The molecule has 0 saturated carbocycles. The van der Waals surface area contributed by atoms with E-state index in [-0.39, 0.29) is 0 Å². The van der Waals surface area contributed by atoms with E-state index >= 15 is 0 Å². The second-order valence-electron chi connectivity index (χ2n) is 7.33. The van der Waals surface area contributed by atoms with Crippen LogP contribution in [0.2, 0.25) is 0 Å². The Hall–Kier alpha value is -3.20. The van der Waals surface area contributed by atoms with E-state index in [4.69, 9.17) is 0 Å². The molecule has 2 aliphatic heterocycles. The predicted molar refractivity (Wildman–Crippen MR) is 107 cm³/mol. The summed E-state index contributed by atoms with van der Waals surface area (Å²) >= 11 is 0. The molecule has 30 heavy (non-hydrogen) atoms. The SMILES string of the molecule is CN(CN1C=CN(c2ccc(F)cc2F)C1)CN1C=CN(c2ccc(F)cc2F)C1. The van der Waals surface area contributed by atoms with E-state index in [9.17, 15) is 17.6 Å². The van der Waals surface area contributed by atoms with E-state index in [1.807, 2.05) is 34.1 Å². The van der Waals surface area contributed by atoms with E-state index in [2.05, 4.69) is 0 Å². The molecule has 0 fully saturated rings. The zero-order chi connectivity index (χ0) is 21.3. The standard InChI is InChI=1S/C21H21F4N5/c1-26(12-27-6-8-29(14-27)20-4-2-16(22)10-18(20)24)13-28-7-9-30(15-28)21-5-3-17(23)11-19(21)25/h2-11H,12-15H2,1H3. The number of anilines is 2. The van der Waals surface area contributed by atoms with Gasteiger partial charge in [0.05, 0.1) is 38.0 Å². The second-order valence-corrected chi connectivity index (χ2v) is 7.33. The number of halogens is 4. The molecule has 0 bridgehead atoms. The third-order valence-corrected chi connectivity index (χ3v) is 4.87. The number of rotatable bonds is 6. The fourth-order valence-electron chi connectivity index (χ4n) is 3.52. The normalized spacial score (nSPS) is 15.9. The van der Waals surface area contributed by atoms with Gasteiger partial charge in [-0.05, 0) is 31.3 Å². The van der Waals surface area contributed by atoms with Crippen LogP contribution in [-0.2, 0) is 0 Å². The second kappa shape index (κ2) is 8.27. The van der Waals surface area contributed by atoms with Gasteiger partial charge in [0.25, 0.3) is 0 Å². The zero-order valence-corrected chi connectivity index (χ0v) is 16.3. The first-order valence-corrected chi connectivity index (χ1v) is 9.36. The topological polar surface area (TPSA) is 16.2 Å². The van der Waals surface area contributed by atoms with Crippen molar-refractivity contribution in [3.05, 3.63) is 84.5 Å². The molecular formula is C21H21F4N5. The molecule has 0 aliphatic carbocycles. The lowest BCUT2D eigenvalue weighted by Gasteiger charge is -2.30. The Labute approximate surface area is 172 Å². The van der Waals surface area contributed by atoms with Crippen molar-refractivity contribution in [2.24, 2.45) is 0 Å². The number of benzene rings is 2. The van der Waals surface area contributed by atoms with Crippen LogP contribution in [0.1, 0.15) is 0 Å². The molecule has 0 atom stereocenters. The average molecular weight is 419 g/mol. The molecule has 0 aromatic heterocycles. The van der Waals surface area contributed by atoms with Crippen LogP contribution >= 0.6 is 0 Å². The minimum atomic E-state index is -0.607. The van der Waals surface area contributed by atoms with Crippen LogP contribution in [0.15, 0.2) is 61.2 Å². The van der Waals surface area contributed by atoms with Crippen LogP contribution in [0.4, 0.5) is 28.9 Å². The summed E-state index contributed by atoms with van der Waals surface area (Å²) < 4.78 is 54.2. The Morgan fingerprint density at radius 1 is 0.700 bits per heavy atom. The molecule has 0 saturated heterocycles. The van der Waals surface area contributed by atoms with Crippen LogP contribution in [0.5, 0.6) is 0 Å². The summed E-state index contributed by atoms with van der Waals surface area (Å²) in [4.78, 5) is 9.43. The number of nitrogens with zero attached hydrogens (tertiary/aromatic N) is 5. The Morgan fingerprint density at radius 3 is 1.53 bits per heavy atom. The molecule has 0 radical (unpaired) electrons. The predicted octanol–water partition coefficient (Wildman–Crippen LogP) is 3.89. The molecule has 0 unspecified atom stereocenters. The molecule has 2 aromatic carbocycles. The van der Waals surface area contributed by atoms with Gasteiger partial charge in [-0.25, -0.2) is 17.6 Å². The first kappa shape index (κ1) is 20.1. The first-order chi connectivity index (χ1) is 14.4. The van der Waals surface area contributed by atoms with Crippen LogP contribution in [0.3, 0.4) is 0 Å². The quantitative estimate of drug-likeness (QED) is 0.659. The molecule has 9 heteroatoms. The van der Waals surface area contributed by atoms with Crippen molar-refractivity contribution >= 4 is 11.4 Å². The molecule has 0 amide bonds. The summed E-state index contributed by atoms with van der Waals surface area (Å²) in [6.07, 6.45) is 7.19. The van der Waals surface area contributed by atoms with Crippen molar-refractivity contribution in [3.8, 4) is 0 Å². The zero-order valence-electron chi connectivity index (χ0n) is 16.3. The van der Waals surface area contributed by atoms with Gasteiger partial charge in [-0.1, -0.05) is 0 Å². The molecule has 158 valence electrons. The highest BCUT2D eigenvalue weighted by Crippen LogP contribution is 2.25. The van der Waals surface area contributed by atoms with Crippen molar-refractivity contribution in [2.45, 2.75) is 0 Å². The maximum Gasteiger partial charge on any atom is 0.149 e. The smallest absolute Gasteiger partial charge is 0.149 e. The summed E-state index contributed by atoms with van der Waals surface area (Å²) in [5.41, 5.74) is 0.634. The molecule has 0 N–H and O–H groups in total. The number of hydrogen-bond acceptors (Lipinski definition) is 5. The minimum Gasteiger partial charge on any atom is -0.345 e. The first-order valence-electron chi connectivity index (χ1n) is 9.36. The highest BCUT2D eigenvalue weighted by molar-refractivity contribution is 5.52. The molecule has 2 aliphatic rings. The largest absolute Gasteiger partial charge is 0.345 e. The van der Waals surface area contributed by atoms with Gasteiger partial charge < -0.3 is 19.6 Å². The van der Waals surface area contributed by atoms with Gasteiger partial charge >= 0.3 is 0 Å². The lowest BCUT2D eigenvalue weighted by Crippen LogP contribution is -2.40. The maximum atomic E-state index is 14.0. The Balaban J connectivity index is 1.28. The fourth-order valence-corrected chi connectivity index (χ4v) is 3.52. The average Bonchev–Trinajstić information content (AvgIpc) is 3.31. The molecule has 2 aromatic rings. The van der Waals surface area contributed by atoms with Gasteiger partial charge in [0, 0.05) is 36.9 Å². The maximum absolute atomic E-state index is 14.0. The van der Waals surface area contributed by atoms with Crippen molar-refractivity contribution < 1.29 is 17.6 Å². The van der Waals surface area contributed by atoms with Crippen molar-refractivity contribution in [1.29, 1.82) is 0 Å². The number of hydrogen-bond donors (Lipinski definition) is 0. The summed E-state index contributed by atoms with van der Waals surface area (Å²) in [5, 5.41) is 0. The third kappa shape index (κ3) is 4.35. The fraction of sp³-hybridized carbons (Fsp3) is 0.238. The summed E-state index contributed by atoms with van der Waals surface area (Å²) in [7, 11) is 1.93. The van der Waals surface area contributed by atoms with Crippen LogP contribution < -0.4 is 9.80 Å². The van der Waals surface area contributed by atoms with Gasteiger partial charge in [-0.3, -0.25) is 4.90 Å². The summed E-state index contributed by atoms with van der Waals surface area (Å²) in [6.45, 7) is 2.03. The highest BCUT2D eigenvalue weighted by Gasteiger charge is 2.21. The monoisotopic (exact) mass is 419 g/mol. The van der Waals surface area contributed by atoms with Gasteiger partial charge in [-0.2, -0.15) is 0 Å². The Morgan fingerprint density at radius 2 is 1.13 bits per heavy atom. The Bertz CT molecular complexity index is 902. The van der Waals surface area contributed by atoms with Crippen LogP contribution in [-0.4, -0.2) is 48.4 Å². The summed E-state index contributed by atoms with van der Waals surface area (Å²) in [5.74, 6) is -2.43. The van der Waals surface area contributed by atoms with Crippen molar-refractivity contribution in [2.75, 3.05) is 43.5 Å². The van der Waals surface area contributed by atoms with E-state index < -0.39 is 23.3 Å². The molecule has 0 spiro atoms. The van der Waals surface area contributed by atoms with Gasteiger partial charge in [0.1, 0.15) is 23.3 Å².